The number of carbonyl (C=O) groups is 2. The smallest absolute Gasteiger partial charge is 0.328 e. The van der Waals surface area contributed by atoms with E-state index in [2.05, 4.69) is 22.0 Å². The molecule has 1 aliphatic heterocycles. The number of hydrogen-bond donors (Lipinski definition) is 2. The first-order valence-corrected chi connectivity index (χ1v) is 14.3. The highest BCUT2D eigenvalue weighted by molar-refractivity contribution is 5.89. The molecule has 240 valence electrons. The molecule has 1 fully saturated rings. The van der Waals surface area contributed by atoms with E-state index in [-0.39, 0.29) is 17.7 Å². The maximum Gasteiger partial charge on any atom is 0.328 e. The number of halogens is 2. The molecule has 1 heterocycles. The van der Waals surface area contributed by atoms with Crippen LogP contribution in [0.25, 0.3) is 6.08 Å². The second-order valence-corrected chi connectivity index (χ2v) is 10.0. The van der Waals surface area contributed by atoms with Crippen LogP contribution in [0.3, 0.4) is 0 Å². The second-order valence-electron chi connectivity index (χ2n) is 10.0. The van der Waals surface area contributed by atoms with Gasteiger partial charge in [0.25, 0.3) is 0 Å². The van der Waals surface area contributed by atoms with E-state index in [9.17, 15) is 18.4 Å². The Kier molecular flexibility index (Phi) is 14.2. The van der Waals surface area contributed by atoms with Crippen molar-refractivity contribution in [3.63, 3.8) is 0 Å². The van der Waals surface area contributed by atoms with E-state index < -0.39 is 11.9 Å². The SMILES string of the molecule is COc1ccc(OC)c(C=CCN2CCN(CCOC(c3ccc(F)cc3)c3ccc(F)cc3)CC2)c1.O=C(O)C=CC(=O)O. The number of benzene rings is 3. The Balaban J connectivity index is 0.000000610. The predicted octanol–water partition coefficient (Wildman–Crippen LogP) is 5.13. The molecule has 3 aromatic rings. The first kappa shape index (κ1) is 34.9. The average Bonchev–Trinajstić information content (AvgIpc) is 3.04. The summed E-state index contributed by atoms with van der Waals surface area (Å²) in [5.41, 5.74) is 2.68. The molecule has 0 unspecified atom stereocenters. The lowest BCUT2D eigenvalue weighted by Crippen LogP contribution is -2.47. The van der Waals surface area contributed by atoms with Gasteiger partial charge in [0.1, 0.15) is 29.2 Å². The minimum Gasteiger partial charge on any atom is -0.497 e. The van der Waals surface area contributed by atoms with Gasteiger partial charge in [0.05, 0.1) is 20.8 Å². The number of ether oxygens (including phenoxy) is 3. The number of carboxylic acid groups (broad SMARTS) is 2. The van der Waals surface area contributed by atoms with Crippen molar-refractivity contribution in [1.29, 1.82) is 0 Å². The van der Waals surface area contributed by atoms with Crippen LogP contribution < -0.4 is 9.47 Å². The molecule has 11 heteroatoms. The van der Waals surface area contributed by atoms with E-state index in [1.165, 1.54) is 24.3 Å². The number of nitrogens with zero attached hydrogens (tertiary/aromatic N) is 2. The van der Waals surface area contributed by atoms with Gasteiger partial charge in [0, 0.05) is 57.0 Å². The number of methoxy groups -OCH3 is 2. The first-order chi connectivity index (χ1) is 21.7. The van der Waals surface area contributed by atoms with Crippen LogP contribution in [0.15, 0.2) is 85.0 Å². The number of hydrogen-bond acceptors (Lipinski definition) is 7. The molecule has 0 bridgehead atoms. The molecule has 3 aromatic carbocycles. The summed E-state index contributed by atoms with van der Waals surface area (Å²) in [6.45, 7) is 6.03. The Labute approximate surface area is 261 Å². The summed E-state index contributed by atoms with van der Waals surface area (Å²) in [7, 11) is 3.33. The zero-order valence-corrected chi connectivity index (χ0v) is 25.3. The monoisotopic (exact) mass is 624 g/mol. The van der Waals surface area contributed by atoms with Crippen molar-refractivity contribution in [2.75, 3.05) is 60.1 Å². The quantitative estimate of drug-likeness (QED) is 0.250. The third kappa shape index (κ3) is 12.1. The molecule has 4 rings (SSSR count). The minimum absolute atomic E-state index is 0.294. The Morgan fingerprint density at radius 3 is 1.82 bits per heavy atom. The van der Waals surface area contributed by atoms with Gasteiger partial charge in [0.2, 0.25) is 0 Å². The molecule has 0 radical (unpaired) electrons. The highest BCUT2D eigenvalue weighted by atomic mass is 19.1. The highest BCUT2D eigenvalue weighted by Crippen LogP contribution is 2.27. The maximum atomic E-state index is 13.4. The molecule has 9 nitrogen and oxygen atoms in total. The topological polar surface area (TPSA) is 109 Å². The first-order valence-electron chi connectivity index (χ1n) is 14.3. The Morgan fingerprint density at radius 1 is 0.800 bits per heavy atom. The van der Waals surface area contributed by atoms with E-state index in [1.807, 2.05) is 18.2 Å². The molecule has 0 spiro atoms. The van der Waals surface area contributed by atoms with Gasteiger partial charge in [-0.3, -0.25) is 9.80 Å². The van der Waals surface area contributed by atoms with Crippen LogP contribution in [-0.4, -0.2) is 92.0 Å². The second kappa shape index (κ2) is 18.3. The highest BCUT2D eigenvalue weighted by Gasteiger charge is 2.19. The summed E-state index contributed by atoms with van der Waals surface area (Å²) >= 11 is 0. The van der Waals surface area contributed by atoms with Crippen LogP contribution >= 0.6 is 0 Å². The zero-order valence-electron chi connectivity index (χ0n) is 25.3. The summed E-state index contributed by atoms with van der Waals surface area (Å²) in [4.78, 5) is 23.9. The summed E-state index contributed by atoms with van der Waals surface area (Å²) in [6, 6.07) is 18.3. The minimum atomic E-state index is -1.26. The van der Waals surface area contributed by atoms with Gasteiger partial charge >= 0.3 is 11.9 Å². The molecule has 2 N–H and O–H groups in total. The maximum absolute atomic E-state index is 13.4. The normalized spacial score (nSPS) is 14.0. The van der Waals surface area contributed by atoms with Gasteiger partial charge < -0.3 is 24.4 Å². The van der Waals surface area contributed by atoms with Gasteiger partial charge in [-0.05, 0) is 53.6 Å². The molecule has 1 aliphatic rings. The van der Waals surface area contributed by atoms with Crippen LogP contribution in [-0.2, 0) is 14.3 Å². The summed E-state index contributed by atoms with van der Waals surface area (Å²) in [5, 5.41) is 15.6. The molecule has 0 amide bonds. The van der Waals surface area contributed by atoms with Crippen LogP contribution in [0.1, 0.15) is 22.8 Å². The van der Waals surface area contributed by atoms with Crippen molar-refractivity contribution in [2.24, 2.45) is 0 Å². The van der Waals surface area contributed by atoms with Gasteiger partial charge in [-0.1, -0.05) is 36.4 Å². The van der Waals surface area contributed by atoms with Crippen molar-refractivity contribution in [2.45, 2.75) is 6.10 Å². The van der Waals surface area contributed by atoms with E-state index in [4.69, 9.17) is 24.4 Å². The van der Waals surface area contributed by atoms with Crippen molar-refractivity contribution >= 4 is 18.0 Å². The van der Waals surface area contributed by atoms with Crippen LogP contribution in [0.5, 0.6) is 11.5 Å². The molecule has 0 aliphatic carbocycles. The molecular formula is C34H38F2N2O7. The molecule has 0 atom stereocenters. The van der Waals surface area contributed by atoms with Crippen molar-refractivity contribution in [3.05, 3.63) is 113 Å². The van der Waals surface area contributed by atoms with Crippen molar-refractivity contribution in [1.82, 2.24) is 9.80 Å². The van der Waals surface area contributed by atoms with Gasteiger partial charge in [0.15, 0.2) is 0 Å². The van der Waals surface area contributed by atoms with E-state index in [0.717, 1.165) is 67.5 Å². The zero-order chi connectivity index (χ0) is 32.6. The van der Waals surface area contributed by atoms with Gasteiger partial charge in [-0.25, -0.2) is 18.4 Å². The third-order valence-electron chi connectivity index (χ3n) is 6.97. The van der Waals surface area contributed by atoms with E-state index in [0.29, 0.717) is 18.8 Å². The number of rotatable bonds is 13. The van der Waals surface area contributed by atoms with Crippen molar-refractivity contribution in [3.8, 4) is 11.5 Å². The van der Waals surface area contributed by atoms with Crippen LogP contribution in [0.2, 0.25) is 0 Å². The Bertz CT molecular complexity index is 1360. The molecule has 1 saturated heterocycles. The lowest BCUT2D eigenvalue weighted by Gasteiger charge is -2.34. The Hall–Kier alpha value is -4.58. The summed E-state index contributed by atoms with van der Waals surface area (Å²) in [5.74, 6) is -1.48. The summed E-state index contributed by atoms with van der Waals surface area (Å²) in [6.07, 6.45) is 4.98. The van der Waals surface area contributed by atoms with Crippen LogP contribution in [0.4, 0.5) is 8.78 Å². The number of aliphatic carboxylic acids is 2. The average molecular weight is 625 g/mol. The fourth-order valence-corrected chi connectivity index (χ4v) is 4.60. The number of carboxylic acids is 2. The molecular weight excluding hydrogens is 586 g/mol. The molecule has 45 heavy (non-hydrogen) atoms. The fraction of sp³-hybridized carbons (Fsp3) is 0.294. The van der Waals surface area contributed by atoms with Crippen molar-refractivity contribution < 1.29 is 42.8 Å². The molecule has 0 saturated carbocycles. The number of piperazine rings is 1. The summed E-state index contributed by atoms with van der Waals surface area (Å²) < 4.78 is 43.9. The van der Waals surface area contributed by atoms with Gasteiger partial charge in [-0.2, -0.15) is 0 Å². The third-order valence-corrected chi connectivity index (χ3v) is 6.97. The van der Waals surface area contributed by atoms with E-state index in [1.54, 1.807) is 38.5 Å². The largest absolute Gasteiger partial charge is 0.497 e. The predicted molar refractivity (Wildman–Crippen MR) is 166 cm³/mol. The van der Waals surface area contributed by atoms with Gasteiger partial charge in [-0.15, -0.1) is 0 Å². The lowest BCUT2D eigenvalue weighted by atomic mass is 10.0. The van der Waals surface area contributed by atoms with Crippen LogP contribution in [0, 0.1) is 11.6 Å². The lowest BCUT2D eigenvalue weighted by molar-refractivity contribution is -0.134. The van der Waals surface area contributed by atoms with E-state index >= 15 is 0 Å². The fourth-order valence-electron chi connectivity index (χ4n) is 4.60. The molecule has 0 aromatic heterocycles. The standard InChI is InChI=1S/C30H34F2N2O3.C4H4O4/c1-35-28-13-14-29(36-2)25(22-28)4-3-15-33-16-18-34(19-17-33)20-21-37-30(23-5-9-26(31)10-6-23)24-7-11-27(32)12-8-24;5-3(6)1-2-4(7)8/h3-14,22,30H,15-21H2,1-2H3;1-2H,(H,5,6)(H,7,8). The Morgan fingerprint density at radius 2 is 1.33 bits per heavy atom.